The van der Waals surface area contributed by atoms with Gasteiger partial charge in [0.25, 0.3) is 17.7 Å². The Balaban J connectivity index is 0.734. The minimum atomic E-state index is -1.08. The van der Waals surface area contributed by atoms with Crippen LogP contribution in [0.2, 0.25) is 0 Å². The van der Waals surface area contributed by atoms with Crippen molar-refractivity contribution >= 4 is 52.9 Å². The number of imide groups is 2. The first-order valence-corrected chi connectivity index (χ1v) is 21.5. The van der Waals surface area contributed by atoms with E-state index in [1.807, 2.05) is 17.0 Å². The van der Waals surface area contributed by atoms with Crippen molar-refractivity contribution in [3.63, 3.8) is 0 Å². The van der Waals surface area contributed by atoms with Gasteiger partial charge in [0, 0.05) is 76.5 Å². The normalized spacial score (nSPS) is 18.4. The Morgan fingerprint density at radius 1 is 0.855 bits per heavy atom. The minimum Gasteiger partial charge on any atom is -0.390 e. The molecule has 0 saturated carbocycles. The number of aromatic nitrogens is 2. The number of amides is 7. The fraction of sp³-hybridized carbons (Fsp3) is 0.477. The van der Waals surface area contributed by atoms with Crippen molar-refractivity contribution in [3.8, 4) is 0 Å². The highest BCUT2D eigenvalue weighted by Crippen LogP contribution is 2.32. The van der Waals surface area contributed by atoms with Gasteiger partial charge in [-0.15, -0.1) is 0 Å². The highest BCUT2D eigenvalue weighted by atomic mass is 16.3. The molecule has 4 aliphatic rings. The van der Waals surface area contributed by atoms with E-state index < -0.39 is 35.8 Å². The molecule has 1 unspecified atom stereocenters. The molecule has 1 aromatic heterocycles. The molecule has 7 rings (SSSR count). The fourth-order valence-corrected chi connectivity index (χ4v) is 8.46. The lowest BCUT2D eigenvalue weighted by Gasteiger charge is -2.32. The molecule has 6 N–H and O–H groups in total. The topological polar surface area (TPSA) is 235 Å². The molecule has 62 heavy (non-hydrogen) atoms. The van der Waals surface area contributed by atoms with E-state index in [0.29, 0.717) is 44.1 Å². The van der Waals surface area contributed by atoms with Crippen LogP contribution in [0.3, 0.4) is 0 Å². The van der Waals surface area contributed by atoms with Crippen LogP contribution in [0.1, 0.15) is 100 Å². The van der Waals surface area contributed by atoms with Crippen LogP contribution < -0.4 is 26.6 Å². The SMILES string of the molecule is O=C(CNc1cccc2c1C(=O)N(C1CCC(=O)NC1=O)C2=O)NCCCCCCC(=O)N1CCC(Nc2cc(C(=O)NC[C@H](O)CN3CCc4ccccc4C3)ncn2)CC1. The highest BCUT2D eigenvalue weighted by molar-refractivity contribution is 6.25. The summed E-state index contributed by atoms with van der Waals surface area (Å²) in [5, 5.41) is 24.8. The second-order valence-corrected chi connectivity index (χ2v) is 16.2. The third-order valence-electron chi connectivity index (χ3n) is 11.8. The Morgan fingerprint density at radius 3 is 2.45 bits per heavy atom. The number of fused-ring (bicyclic) bond motifs is 2. The van der Waals surface area contributed by atoms with Crippen molar-refractivity contribution in [1.82, 2.24) is 40.6 Å². The number of nitrogens with zero attached hydrogens (tertiary/aromatic N) is 5. The van der Waals surface area contributed by atoms with E-state index in [0.717, 1.165) is 62.9 Å². The molecule has 328 valence electrons. The number of anilines is 2. The molecule has 18 nitrogen and oxygen atoms in total. The van der Waals surface area contributed by atoms with Crippen molar-refractivity contribution in [3.05, 3.63) is 82.8 Å². The number of hydrogen-bond donors (Lipinski definition) is 6. The van der Waals surface area contributed by atoms with Crippen molar-refractivity contribution in [2.75, 3.05) is 56.4 Å². The number of β-amino-alcohol motifs (C(OH)–C–C–N with tert-alkyl or cyclic N) is 1. The van der Waals surface area contributed by atoms with E-state index in [4.69, 9.17) is 0 Å². The Morgan fingerprint density at radius 2 is 1.65 bits per heavy atom. The summed E-state index contributed by atoms with van der Waals surface area (Å²) in [6, 6.07) is 13.6. The average Bonchev–Trinajstić information content (AvgIpc) is 3.53. The van der Waals surface area contributed by atoms with Gasteiger partial charge in [0.1, 0.15) is 23.9 Å². The quantitative estimate of drug-likeness (QED) is 0.0790. The Kier molecular flexibility index (Phi) is 14.5. The van der Waals surface area contributed by atoms with Crippen LogP contribution in [0.25, 0.3) is 0 Å². The smallest absolute Gasteiger partial charge is 0.270 e. The number of hydrogen-bond acceptors (Lipinski definition) is 13. The number of benzene rings is 2. The number of aliphatic hydroxyl groups excluding tert-OH is 1. The summed E-state index contributed by atoms with van der Waals surface area (Å²) in [6.07, 6.45) is 6.71. The van der Waals surface area contributed by atoms with Crippen LogP contribution in [0, 0.1) is 0 Å². The highest BCUT2D eigenvalue weighted by Gasteiger charge is 2.45. The largest absolute Gasteiger partial charge is 0.390 e. The molecule has 3 aromatic rings. The van der Waals surface area contributed by atoms with Gasteiger partial charge in [-0.05, 0) is 61.8 Å². The van der Waals surface area contributed by atoms with Gasteiger partial charge in [0.05, 0.1) is 23.8 Å². The lowest BCUT2D eigenvalue weighted by atomic mass is 10.00. The van der Waals surface area contributed by atoms with Gasteiger partial charge in [-0.3, -0.25) is 48.7 Å². The number of nitrogens with one attached hydrogen (secondary N) is 5. The van der Waals surface area contributed by atoms with Crippen molar-refractivity contribution in [2.24, 2.45) is 0 Å². The van der Waals surface area contributed by atoms with Crippen LogP contribution in [0.4, 0.5) is 11.5 Å². The van der Waals surface area contributed by atoms with Gasteiger partial charge in [0.15, 0.2) is 0 Å². The number of carbonyl (C=O) groups excluding carboxylic acids is 7. The predicted octanol–water partition coefficient (Wildman–Crippen LogP) is 1.61. The zero-order chi connectivity index (χ0) is 43.6. The van der Waals surface area contributed by atoms with E-state index in [1.165, 1.54) is 23.5 Å². The molecule has 2 aromatic carbocycles. The monoisotopic (exact) mass is 850 g/mol. The van der Waals surface area contributed by atoms with E-state index >= 15 is 0 Å². The maximum atomic E-state index is 13.3. The van der Waals surface area contributed by atoms with Gasteiger partial charge >= 0.3 is 0 Å². The molecule has 2 saturated heterocycles. The second kappa shape index (κ2) is 20.5. The average molecular weight is 851 g/mol. The van der Waals surface area contributed by atoms with E-state index in [2.05, 4.69) is 53.6 Å². The molecule has 4 aliphatic heterocycles. The van der Waals surface area contributed by atoms with Crippen LogP contribution in [0.15, 0.2) is 54.9 Å². The minimum absolute atomic E-state index is 0.0240. The lowest BCUT2D eigenvalue weighted by molar-refractivity contribution is -0.136. The molecular weight excluding hydrogens is 797 g/mol. The summed E-state index contributed by atoms with van der Waals surface area (Å²) < 4.78 is 0. The maximum Gasteiger partial charge on any atom is 0.270 e. The summed E-state index contributed by atoms with van der Waals surface area (Å²) in [5.74, 6) is -2.43. The predicted molar refractivity (Wildman–Crippen MR) is 227 cm³/mol. The summed E-state index contributed by atoms with van der Waals surface area (Å²) in [7, 11) is 0. The van der Waals surface area contributed by atoms with Crippen LogP contribution in [-0.4, -0.2) is 135 Å². The van der Waals surface area contributed by atoms with Gasteiger partial charge < -0.3 is 31.3 Å². The standard InChI is InChI=1S/C44H54N10O8/c55-31(26-52-19-15-28-8-4-5-9-29(28)25-52)23-47-41(59)34-22-36(49-27-48-34)50-30-16-20-53(21-17-30)39(58)12-3-1-2-6-18-45-38(57)24-46-33-11-7-10-32-40(33)44(62)54(43(32)61)35-13-14-37(56)51-42(35)60/h4-5,7-11,22,27,30-31,35,46,55H,1-3,6,12-21,23-26H2,(H,45,57)(H,47,59)(H,48,49,50)(H,51,56,60)/t31-,35?/m0/s1. The summed E-state index contributed by atoms with van der Waals surface area (Å²) in [5.41, 5.74) is 3.35. The van der Waals surface area contributed by atoms with E-state index in [9.17, 15) is 38.7 Å². The first kappa shape index (κ1) is 43.8. The van der Waals surface area contributed by atoms with E-state index in [1.54, 1.807) is 18.2 Å². The zero-order valence-electron chi connectivity index (χ0n) is 34.7. The van der Waals surface area contributed by atoms with Gasteiger partial charge in [-0.2, -0.15) is 0 Å². The van der Waals surface area contributed by atoms with Crippen LogP contribution in [0.5, 0.6) is 0 Å². The number of aliphatic hydroxyl groups is 1. The van der Waals surface area contributed by atoms with Crippen molar-refractivity contribution in [1.29, 1.82) is 0 Å². The lowest BCUT2D eigenvalue weighted by Crippen LogP contribution is -2.54. The number of piperidine rings is 2. The molecule has 0 aliphatic carbocycles. The molecule has 7 amide bonds. The van der Waals surface area contributed by atoms with Gasteiger partial charge in [-0.1, -0.05) is 43.2 Å². The van der Waals surface area contributed by atoms with Crippen LogP contribution in [-0.2, 0) is 32.1 Å². The number of rotatable bonds is 18. The first-order valence-electron chi connectivity index (χ1n) is 21.5. The molecule has 0 bridgehead atoms. The number of carbonyl (C=O) groups is 7. The maximum absolute atomic E-state index is 13.3. The third-order valence-corrected chi connectivity index (χ3v) is 11.8. The summed E-state index contributed by atoms with van der Waals surface area (Å²) in [4.78, 5) is 102. The Labute approximate surface area is 359 Å². The van der Waals surface area contributed by atoms with Crippen molar-refractivity contribution in [2.45, 2.75) is 88.9 Å². The fourth-order valence-electron chi connectivity index (χ4n) is 8.46. The molecule has 18 heteroatoms. The van der Waals surface area contributed by atoms with Gasteiger partial charge in [-0.25, -0.2) is 9.97 Å². The third kappa shape index (κ3) is 11.0. The Bertz CT molecular complexity index is 2180. The number of likely N-dealkylation sites (tertiary alicyclic amines) is 1. The second-order valence-electron chi connectivity index (χ2n) is 16.2. The molecule has 0 spiro atoms. The zero-order valence-corrected chi connectivity index (χ0v) is 34.7. The van der Waals surface area contributed by atoms with Gasteiger partial charge in [0.2, 0.25) is 23.6 Å². The first-order chi connectivity index (χ1) is 30.0. The molecule has 2 atom stereocenters. The molecule has 5 heterocycles. The van der Waals surface area contributed by atoms with E-state index in [-0.39, 0.29) is 66.5 Å². The Hall–Kier alpha value is -6.27. The summed E-state index contributed by atoms with van der Waals surface area (Å²) >= 11 is 0. The van der Waals surface area contributed by atoms with Crippen molar-refractivity contribution < 1.29 is 38.7 Å². The molecule has 2 fully saturated rings. The molecule has 0 radical (unpaired) electrons. The van der Waals surface area contributed by atoms with Crippen LogP contribution >= 0.6 is 0 Å². The molecular formula is C44H54N10O8. The number of unbranched alkanes of at least 4 members (excludes halogenated alkanes) is 3. The summed E-state index contributed by atoms with van der Waals surface area (Å²) in [6.45, 7) is 3.76.